The predicted molar refractivity (Wildman–Crippen MR) is 147 cm³/mol. The number of hydrogen-bond acceptors (Lipinski definition) is 3. The molecule has 2 N–H and O–H groups in total. The highest BCUT2D eigenvalue weighted by atomic mass is 19.1. The van der Waals surface area contributed by atoms with Crippen LogP contribution in [-0.4, -0.2) is 22.0 Å². The number of allylic oxidation sites excluding steroid dienone is 7. The van der Waals surface area contributed by atoms with Crippen LogP contribution in [0, 0.1) is 18.2 Å². The standard InChI is InChI=1S/C29H30FNO3.C2H6/c1-20-7-9-22(10-8-20)21-5-4-6-24(16-18-29(2,3)17-15-21)27(31-34)14-13-23-11-12-25(28(32)33)19-26(23)30;1-2/h4,6-16,19,34H,5,17-18H2,1-3H3,(H,32,33);1-2H3/b6-4-,14-13+,21-15+,24-16+,31-27-;. The summed E-state index contributed by atoms with van der Waals surface area (Å²) < 4.78 is 14.3. The van der Waals surface area contributed by atoms with Gasteiger partial charge in [-0.25, -0.2) is 9.18 Å². The minimum absolute atomic E-state index is 0.00454. The van der Waals surface area contributed by atoms with Crippen LogP contribution in [0.1, 0.15) is 74.0 Å². The maximum absolute atomic E-state index is 14.3. The van der Waals surface area contributed by atoms with Gasteiger partial charge in [0, 0.05) is 5.56 Å². The van der Waals surface area contributed by atoms with E-state index in [2.05, 4.69) is 56.3 Å². The Morgan fingerprint density at radius 3 is 2.33 bits per heavy atom. The molecule has 0 aromatic heterocycles. The molecule has 36 heavy (non-hydrogen) atoms. The molecule has 2 aromatic carbocycles. The van der Waals surface area contributed by atoms with Crippen LogP contribution in [0.2, 0.25) is 0 Å². The molecule has 0 unspecified atom stereocenters. The summed E-state index contributed by atoms with van der Waals surface area (Å²) in [4.78, 5) is 11.0. The van der Waals surface area contributed by atoms with Crippen LogP contribution in [0.15, 0.2) is 83.6 Å². The number of aromatic carboxylic acids is 1. The molecule has 1 aliphatic carbocycles. The van der Waals surface area contributed by atoms with Crippen LogP contribution in [0.3, 0.4) is 0 Å². The summed E-state index contributed by atoms with van der Waals surface area (Å²) in [7, 11) is 0. The highest BCUT2D eigenvalue weighted by molar-refractivity contribution is 6.12. The van der Waals surface area contributed by atoms with Crippen molar-refractivity contribution in [3.8, 4) is 0 Å². The molecule has 0 spiro atoms. The zero-order chi connectivity index (χ0) is 26.7. The number of rotatable bonds is 5. The molecule has 5 heteroatoms. The highest BCUT2D eigenvalue weighted by Gasteiger charge is 2.17. The number of oxime groups is 1. The van der Waals surface area contributed by atoms with Gasteiger partial charge in [0.1, 0.15) is 11.5 Å². The van der Waals surface area contributed by atoms with E-state index in [-0.39, 0.29) is 16.5 Å². The number of halogens is 1. The number of aryl methyl sites for hydroxylation is 1. The van der Waals surface area contributed by atoms with Crippen molar-refractivity contribution in [2.24, 2.45) is 10.6 Å². The molecule has 0 heterocycles. The van der Waals surface area contributed by atoms with Crippen LogP contribution in [-0.2, 0) is 0 Å². The first-order valence-corrected chi connectivity index (χ1v) is 12.2. The minimum atomic E-state index is -1.19. The maximum Gasteiger partial charge on any atom is 0.335 e. The van der Waals surface area contributed by atoms with E-state index in [1.165, 1.54) is 41.0 Å². The van der Waals surface area contributed by atoms with Gasteiger partial charge in [-0.2, -0.15) is 0 Å². The van der Waals surface area contributed by atoms with Gasteiger partial charge >= 0.3 is 5.97 Å². The van der Waals surface area contributed by atoms with Crippen molar-refractivity contribution in [2.75, 3.05) is 0 Å². The molecule has 4 nitrogen and oxygen atoms in total. The fourth-order valence-electron chi connectivity index (χ4n) is 3.68. The maximum atomic E-state index is 14.3. The van der Waals surface area contributed by atoms with Crippen LogP contribution in [0.4, 0.5) is 4.39 Å². The number of carboxylic acid groups (broad SMARTS) is 1. The van der Waals surface area contributed by atoms with Crippen molar-refractivity contribution in [3.63, 3.8) is 0 Å². The van der Waals surface area contributed by atoms with E-state index in [0.29, 0.717) is 5.71 Å². The molecule has 0 fully saturated rings. The monoisotopic (exact) mass is 489 g/mol. The summed E-state index contributed by atoms with van der Waals surface area (Å²) >= 11 is 0. The molecule has 0 aliphatic heterocycles. The Morgan fingerprint density at radius 1 is 1.06 bits per heavy atom. The van der Waals surface area contributed by atoms with Gasteiger partial charge in [0.05, 0.1) is 5.56 Å². The van der Waals surface area contributed by atoms with E-state index in [1.807, 2.05) is 32.1 Å². The quantitative estimate of drug-likeness (QED) is 0.251. The lowest BCUT2D eigenvalue weighted by molar-refractivity contribution is 0.0696. The van der Waals surface area contributed by atoms with Gasteiger partial charge < -0.3 is 10.3 Å². The van der Waals surface area contributed by atoms with Gasteiger partial charge in [-0.15, -0.1) is 0 Å². The first kappa shape index (κ1) is 28.5. The number of nitrogens with zero attached hydrogens (tertiary/aromatic N) is 1. The summed E-state index contributed by atoms with van der Waals surface area (Å²) in [5.41, 5.74) is 4.77. The van der Waals surface area contributed by atoms with E-state index in [9.17, 15) is 14.4 Å². The molecule has 2 aromatic rings. The third-order valence-electron chi connectivity index (χ3n) is 5.90. The zero-order valence-electron chi connectivity index (χ0n) is 21.8. The van der Waals surface area contributed by atoms with Crippen LogP contribution >= 0.6 is 0 Å². The molecule has 0 saturated carbocycles. The highest BCUT2D eigenvalue weighted by Crippen LogP contribution is 2.31. The zero-order valence-corrected chi connectivity index (χ0v) is 21.8. The summed E-state index contributed by atoms with van der Waals surface area (Å²) in [6, 6.07) is 12.2. The number of benzene rings is 2. The van der Waals surface area contributed by atoms with Gasteiger partial charge in [0.15, 0.2) is 0 Å². The van der Waals surface area contributed by atoms with Crippen molar-refractivity contribution >= 4 is 23.3 Å². The van der Waals surface area contributed by atoms with Crippen LogP contribution in [0.5, 0.6) is 0 Å². The van der Waals surface area contributed by atoms with E-state index < -0.39 is 11.8 Å². The second-order valence-electron chi connectivity index (χ2n) is 9.29. The van der Waals surface area contributed by atoms with Crippen molar-refractivity contribution in [1.29, 1.82) is 0 Å². The Balaban J connectivity index is 0.00000222. The third kappa shape index (κ3) is 8.19. The van der Waals surface area contributed by atoms with Crippen molar-refractivity contribution < 1.29 is 19.5 Å². The van der Waals surface area contributed by atoms with Crippen LogP contribution in [0.25, 0.3) is 11.6 Å². The minimum Gasteiger partial charge on any atom is -0.478 e. The Hall–Kier alpha value is -3.73. The molecule has 1 aliphatic rings. The molecule has 3 rings (SSSR count). The lowest BCUT2D eigenvalue weighted by Gasteiger charge is -2.23. The van der Waals surface area contributed by atoms with Crippen LogP contribution < -0.4 is 0 Å². The second-order valence-corrected chi connectivity index (χ2v) is 9.29. The largest absolute Gasteiger partial charge is 0.478 e. The Bertz CT molecular complexity index is 1200. The summed E-state index contributed by atoms with van der Waals surface area (Å²) in [5.74, 6) is -1.84. The smallest absolute Gasteiger partial charge is 0.335 e. The fraction of sp³-hybridized carbons (Fsp3) is 0.290. The Kier molecular flexibility index (Phi) is 10.6. The first-order valence-electron chi connectivity index (χ1n) is 12.2. The van der Waals surface area contributed by atoms with Crippen molar-refractivity contribution in [3.05, 3.63) is 106 Å². The molecule has 0 saturated heterocycles. The van der Waals surface area contributed by atoms with E-state index in [0.717, 1.165) is 30.9 Å². The van der Waals surface area contributed by atoms with E-state index in [1.54, 1.807) is 0 Å². The van der Waals surface area contributed by atoms with Gasteiger partial charge in [-0.3, -0.25) is 0 Å². The average Bonchev–Trinajstić information content (AvgIpc) is 2.86. The second kappa shape index (κ2) is 13.4. The summed E-state index contributed by atoms with van der Waals surface area (Å²) in [5, 5.41) is 22.1. The number of carbonyl (C=O) groups is 1. The normalized spacial score (nSPS) is 19.8. The fourth-order valence-corrected chi connectivity index (χ4v) is 3.68. The lowest BCUT2D eigenvalue weighted by atomic mass is 9.82. The summed E-state index contributed by atoms with van der Waals surface area (Å²) in [6.45, 7) is 10.5. The lowest BCUT2D eigenvalue weighted by Crippen LogP contribution is -2.10. The first-order chi connectivity index (χ1) is 17.2. The third-order valence-corrected chi connectivity index (χ3v) is 5.90. The molecule has 190 valence electrons. The molecule has 0 radical (unpaired) electrons. The topological polar surface area (TPSA) is 69.9 Å². The predicted octanol–water partition coefficient (Wildman–Crippen LogP) is 8.48. The van der Waals surface area contributed by atoms with Gasteiger partial charge in [-0.1, -0.05) is 93.1 Å². The van der Waals surface area contributed by atoms with Crippen molar-refractivity contribution in [1.82, 2.24) is 0 Å². The van der Waals surface area contributed by atoms with Gasteiger partial charge in [-0.05, 0) is 72.6 Å². The van der Waals surface area contributed by atoms with Gasteiger partial charge in [0.2, 0.25) is 0 Å². The molecular weight excluding hydrogens is 453 g/mol. The SMILES string of the molecule is CC.Cc1ccc(/C2=C/CC(C)(C)C/C=C(C(/C=C/c3ccc(C(=O)O)cc3F)=N\O)\C=C/C2)cc1. The molecule has 0 bridgehead atoms. The number of hydrogen-bond donors (Lipinski definition) is 2. The average molecular weight is 490 g/mol. The Morgan fingerprint density at radius 2 is 1.72 bits per heavy atom. The molecule has 0 amide bonds. The van der Waals surface area contributed by atoms with E-state index >= 15 is 0 Å². The van der Waals surface area contributed by atoms with Crippen molar-refractivity contribution in [2.45, 2.75) is 53.9 Å². The van der Waals surface area contributed by atoms with Gasteiger partial charge in [0.25, 0.3) is 0 Å². The molecule has 0 atom stereocenters. The number of carboxylic acids is 1. The van der Waals surface area contributed by atoms with E-state index in [4.69, 9.17) is 5.11 Å². The molecular formula is C31H36FNO3. The Labute approximate surface area is 213 Å². The summed E-state index contributed by atoms with van der Waals surface area (Å²) in [6.07, 6.45) is 13.7.